The van der Waals surface area contributed by atoms with Crippen LogP contribution in [0, 0.1) is 12.8 Å². The standard InChI is InChI=1S/C19H23N3O3/c1-13-4-2-7-20-16(13)12-22-11-15(18-17(22)6-9-25-18)19(23)21-10-14-5-3-8-24-14/h2-5,7-8,15,17-18H,6,9-12H2,1H3,(H,21,23)/t15-,17+,18+/m0/s1. The highest BCUT2D eigenvalue weighted by molar-refractivity contribution is 5.80. The zero-order valence-electron chi connectivity index (χ0n) is 14.4. The van der Waals surface area contributed by atoms with Crippen LogP contribution >= 0.6 is 0 Å². The summed E-state index contributed by atoms with van der Waals surface area (Å²) in [6.07, 6.45) is 4.39. The van der Waals surface area contributed by atoms with Gasteiger partial charge in [-0.25, -0.2) is 0 Å². The second-order valence-electron chi connectivity index (χ2n) is 6.79. The Morgan fingerprint density at radius 2 is 2.32 bits per heavy atom. The number of amides is 1. The highest BCUT2D eigenvalue weighted by Crippen LogP contribution is 2.34. The van der Waals surface area contributed by atoms with Crippen molar-refractivity contribution in [3.05, 3.63) is 53.7 Å². The van der Waals surface area contributed by atoms with Crippen LogP contribution in [0.5, 0.6) is 0 Å². The van der Waals surface area contributed by atoms with Crippen molar-refractivity contribution < 1.29 is 13.9 Å². The molecule has 2 aromatic heterocycles. The van der Waals surface area contributed by atoms with Crippen molar-refractivity contribution in [2.75, 3.05) is 13.2 Å². The highest BCUT2D eigenvalue weighted by Gasteiger charge is 2.48. The van der Waals surface area contributed by atoms with Crippen LogP contribution in [0.1, 0.15) is 23.4 Å². The number of nitrogens with zero attached hydrogens (tertiary/aromatic N) is 2. The van der Waals surface area contributed by atoms with E-state index in [4.69, 9.17) is 9.15 Å². The lowest BCUT2D eigenvalue weighted by Crippen LogP contribution is -2.37. The third-order valence-electron chi connectivity index (χ3n) is 5.22. The molecule has 2 aliphatic rings. The molecule has 2 fully saturated rings. The molecule has 0 spiro atoms. The molecule has 25 heavy (non-hydrogen) atoms. The number of likely N-dealkylation sites (tertiary alicyclic amines) is 1. The quantitative estimate of drug-likeness (QED) is 0.899. The molecule has 0 radical (unpaired) electrons. The molecule has 2 aliphatic heterocycles. The highest BCUT2D eigenvalue weighted by atomic mass is 16.5. The molecule has 4 heterocycles. The van der Waals surface area contributed by atoms with Gasteiger partial charge in [-0.05, 0) is 37.1 Å². The average molecular weight is 341 g/mol. The predicted molar refractivity (Wildman–Crippen MR) is 91.6 cm³/mol. The third kappa shape index (κ3) is 3.32. The van der Waals surface area contributed by atoms with Crippen LogP contribution in [0.2, 0.25) is 0 Å². The molecule has 3 atom stereocenters. The summed E-state index contributed by atoms with van der Waals surface area (Å²) in [4.78, 5) is 19.5. The Labute approximate surface area is 147 Å². The molecular formula is C19H23N3O3. The molecule has 0 aliphatic carbocycles. The maximum Gasteiger partial charge on any atom is 0.227 e. The smallest absolute Gasteiger partial charge is 0.227 e. The minimum Gasteiger partial charge on any atom is -0.467 e. The molecule has 1 amide bonds. The lowest BCUT2D eigenvalue weighted by molar-refractivity contribution is -0.127. The first-order valence-electron chi connectivity index (χ1n) is 8.78. The summed E-state index contributed by atoms with van der Waals surface area (Å²) in [5.41, 5.74) is 2.26. The van der Waals surface area contributed by atoms with E-state index in [1.165, 1.54) is 5.56 Å². The predicted octanol–water partition coefficient (Wildman–Crippen LogP) is 1.89. The number of ether oxygens (including phenoxy) is 1. The Bertz CT molecular complexity index is 731. The van der Waals surface area contributed by atoms with Crippen LogP contribution in [0.25, 0.3) is 0 Å². The van der Waals surface area contributed by atoms with E-state index >= 15 is 0 Å². The van der Waals surface area contributed by atoms with Crippen LogP contribution in [-0.2, 0) is 22.6 Å². The Hall–Kier alpha value is -2.18. The molecule has 2 aromatic rings. The van der Waals surface area contributed by atoms with Crippen LogP contribution in [-0.4, -0.2) is 41.1 Å². The number of hydrogen-bond donors (Lipinski definition) is 1. The molecule has 2 saturated heterocycles. The molecule has 0 unspecified atom stereocenters. The first kappa shape index (κ1) is 16.3. The van der Waals surface area contributed by atoms with E-state index in [1.807, 2.05) is 24.4 Å². The van der Waals surface area contributed by atoms with Crippen molar-refractivity contribution in [3.63, 3.8) is 0 Å². The number of pyridine rings is 1. The van der Waals surface area contributed by atoms with Gasteiger partial charge in [0.25, 0.3) is 0 Å². The van der Waals surface area contributed by atoms with E-state index in [9.17, 15) is 4.79 Å². The fourth-order valence-corrected chi connectivity index (χ4v) is 3.88. The van der Waals surface area contributed by atoms with Crippen LogP contribution in [0.3, 0.4) is 0 Å². The minimum absolute atomic E-state index is 0.0272. The van der Waals surface area contributed by atoms with Gasteiger partial charge in [0.1, 0.15) is 5.76 Å². The van der Waals surface area contributed by atoms with Crippen molar-refractivity contribution in [1.82, 2.24) is 15.2 Å². The van der Waals surface area contributed by atoms with Gasteiger partial charge >= 0.3 is 0 Å². The number of nitrogens with one attached hydrogen (secondary N) is 1. The Kier molecular flexibility index (Phi) is 4.55. The maximum absolute atomic E-state index is 12.7. The summed E-state index contributed by atoms with van der Waals surface area (Å²) >= 11 is 0. The summed E-state index contributed by atoms with van der Waals surface area (Å²) in [5.74, 6) is 0.649. The summed E-state index contributed by atoms with van der Waals surface area (Å²) in [7, 11) is 0. The fourth-order valence-electron chi connectivity index (χ4n) is 3.88. The Balaban J connectivity index is 1.43. The Morgan fingerprint density at radius 3 is 3.12 bits per heavy atom. The molecule has 6 heteroatoms. The number of aromatic nitrogens is 1. The van der Waals surface area contributed by atoms with E-state index in [1.54, 1.807) is 6.26 Å². The molecule has 0 aromatic carbocycles. The zero-order valence-corrected chi connectivity index (χ0v) is 14.4. The van der Waals surface area contributed by atoms with Gasteiger partial charge in [0.2, 0.25) is 5.91 Å². The first-order chi connectivity index (χ1) is 12.2. The molecule has 132 valence electrons. The number of carbonyl (C=O) groups excluding carboxylic acids is 1. The molecule has 4 rings (SSSR count). The van der Waals surface area contributed by atoms with Gasteiger partial charge in [0.05, 0.1) is 30.5 Å². The molecule has 6 nitrogen and oxygen atoms in total. The van der Waals surface area contributed by atoms with Gasteiger partial charge < -0.3 is 14.5 Å². The summed E-state index contributed by atoms with van der Waals surface area (Å²) in [5, 5.41) is 2.98. The van der Waals surface area contributed by atoms with Crippen molar-refractivity contribution in [3.8, 4) is 0 Å². The van der Waals surface area contributed by atoms with Gasteiger partial charge in [0, 0.05) is 31.9 Å². The van der Waals surface area contributed by atoms with Crippen LogP contribution in [0.4, 0.5) is 0 Å². The minimum atomic E-state index is -0.147. The van der Waals surface area contributed by atoms with Crippen LogP contribution in [0.15, 0.2) is 41.1 Å². The monoisotopic (exact) mass is 341 g/mol. The molecule has 1 N–H and O–H groups in total. The van der Waals surface area contributed by atoms with Crippen molar-refractivity contribution in [2.24, 2.45) is 5.92 Å². The summed E-state index contributed by atoms with van der Waals surface area (Å²) < 4.78 is 11.2. The number of aryl methyl sites for hydroxylation is 1. The van der Waals surface area contributed by atoms with Gasteiger partial charge in [-0.15, -0.1) is 0 Å². The first-order valence-corrected chi connectivity index (χ1v) is 8.78. The second-order valence-corrected chi connectivity index (χ2v) is 6.79. The number of furan rings is 1. The van der Waals surface area contributed by atoms with E-state index in [0.717, 1.165) is 31.0 Å². The maximum atomic E-state index is 12.7. The number of fused-ring (bicyclic) bond motifs is 1. The normalized spacial score (nSPS) is 25.9. The van der Waals surface area contributed by atoms with Crippen molar-refractivity contribution in [2.45, 2.75) is 38.6 Å². The number of hydrogen-bond acceptors (Lipinski definition) is 5. The SMILES string of the molecule is Cc1cccnc1CN1C[C@H](C(=O)NCc2ccco2)[C@H]2OCC[C@H]21. The lowest BCUT2D eigenvalue weighted by Gasteiger charge is -2.22. The summed E-state index contributed by atoms with van der Waals surface area (Å²) in [6.45, 7) is 4.68. The van der Waals surface area contributed by atoms with Crippen molar-refractivity contribution >= 4 is 5.91 Å². The molecule has 0 bridgehead atoms. The van der Waals surface area contributed by atoms with E-state index < -0.39 is 0 Å². The summed E-state index contributed by atoms with van der Waals surface area (Å²) in [6, 6.07) is 8.01. The largest absolute Gasteiger partial charge is 0.467 e. The lowest BCUT2D eigenvalue weighted by atomic mass is 10.0. The fraction of sp³-hybridized carbons (Fsp3) is 0.474. The van der Waals surface area contributed by atoms with Gasteiger partial charge in [0.15, 0.2) is 0 Å². The Morgan fingerprint density at radius 1 is 1.40 bits per heavy atom. The number of rotatable bonds is 5. The number of carbonyl (C=O) groups is 1. The molecule has 0 saturated carbocycles. The van der Waals surface area contributed by atoms with E-state index in [2.05, 4.69) is 28.2 Å². The third-order valence-corrected chi connectivity index (χ3v) is 5.22. The van der Waals surface area contributed by atoms with Crippen molar-refractivity contribution in [1.29, 1.82) is 0 Å². The van der Waals surface area contributed by atoms with Crippen LogP contribution < -0.4 is 5.32 Å². The second kappa shape index (κ2) is 6.98. The topological polar surface area (TPSA) is 67.6 Å². The van der Waals surface area contributed by atoms with Gasteiger partial charge in [-0.3, -0.25) is 14.7 Å². The van der Waals surface area contributed by atoms with E-state index in [0.29, 0.717) is 19.1 Å². The molecular weight excluding hydrogens is 318 g/mol. The van der Waals surface area contributed by atoms with Gasteiger partial charge in [-0.2, -0.15) is 0 Å². The van der Waals surface area contributed by atoms with Gasteiger partial charge in [-0.1, -0.05) is 6.07 Å². The average Bonchev–Trinajstić information content (AvgIpc) is 3.33. The van der Waals surface area contributed by atoms with E-state index in [-0.39, 0.29) is 17.9 Å². The zero-order chi connectivity index (χ0) is 17.2.